The van der Waals surface area contributed by atoms with Gasteiger partial charge >= 0.3 is 0 Å². The highest BCUT2D eigenvalue weighted by atomic mass is 16.2. The van der Waals surface area contributed by atoms with Crippen LogP contribution in [0.25, 0.3) is 5.57 Å². The van der Waals surface area contributed by atoms with Gasteiger partial charge in [-0.25, -0.2) is 0 Å². The Balaban J connectivity index is 1.95. The molecule has 2 N–H and O–H groups in total. The van der Waals surface area contributed by atoms with E-state index < -0.39 is 0 Å². The van der Waals surface area contributed by atoms with Crippen LogP contribution in [0, 0.1) is 0 Å². The van der Waals surface area contributed by atoms with Crippen LogP contribution in [0.15, 0.2) is 48.2 Å². The van der Waals surface area contributed by atoms with E-state index in [9.17, 15) is 9.59 Å². The highest BCUT2D eigenvalue weighted by molar-refractivity contribution is 6.32. The molecule has 0 aliphatic carbocycles. The van der Waals surface area contributed by atoms with E-state index >= 15 is 0 Å². The first-order valence-corrected chi connectivity index (χ1v) is 9.15. The van der Waals surface area contributed by atoms with Gasteiger partial charge in [-0.1, -0.05) is 12.1 Å². The summed E-state index contributed by atoms with van der Waals surface area (Å²) in [4.78, 5) is 28.5. The lowest BCUT2D eigenvalue weighted by Gasteiger charge is -2.14. The van der Waals surface area contributed by atoms with Crippen molar-refractivity contribution in [3.63, 3.8) is 0 Å². The lowest BCUT2D eigenvalue weighted by molar-refractivity contribution is -0.110. The molecular formula is C22H26N4O2. The Kier molecular flexibility index (Phi) is 5.51. The number of hydrogen-bond acceptors (Lipinski definition) is 4. The van der Waals surface area contributed by atoms with Gasteiger partial charge in [0.2, 0.25) is 0 Å². The third-order valence-electron chi connectivity index (χ3n) is 4.55. The van der Waals surface area contributed by atoms with E-state index in [-0.39, 0.29) is 11.8 Å². The number of anilines is 2. The molecule has 0 saturated carbocycles. The van der Waals surface area contributed by atoms with Crippen LogP contribution >= 0.6 is 0 Å². The molecule has 2 amide bonds. The minimum absolute atomic E-state index is 0.0940. The third-order valence-corrected chi connectivity index (χ3v) is 4.55. The van der Waals surface area contributed by atoms with E-state index in [1.807, 2.05) is 33.2 Å². The molecule has 0 fully saturated rings. The first kappa shape index (κ1) is 19.6. The van der Waals surface area contributed by atoms with Gasteiger partial charge < -0.3 is 20.4 Å². The third kappa shape index (κ3) is 4.07. The molecule has 6 heteroatoms. The average Bonchev–Trinajstić information content (AvgIpc) is 2.95. The molecule has 2 aromatic carbocycles. The van der Waals surface area contributed by atoms with Gasteiger partial charge in [-0.05, 0) is 56.9 Å². The summed E-state index contributed by atoms with van der Waals surface area (Å²) in [6.45, 7) is 2.72. The minimum Gasteiger partial charge on any atom is -0.358 e. The zero-order valence-corrected chi connectivity index (χ0v) is 17.0. The van der Waals surface area contributed by atoms with Gasteiger partial charge in [-0.3, -0.25) is 9.59 Å². The smallest absolute Gasteiger partial charge is 0.258 e. The Morgan fingerprint density at radius 1 is 1.07 bits per heavy atom. The van der Waals surface area contributed by atoms with Crippen molar-refractivity contribution in [3.8, 4) is 0 Å². The Hall–Kier alpha value is -3.12. The van der Waals surface area contributed by atoms with Gasteiger partial charge in [-0.15, -0.1) is 0 Å². The zero-order chi connectivity index (χ0) is 20.4. The Morgan fingerprint density at radius 3 is 2.50 bits per heavy atom. The Morgan fingerprint density at radius 2 is 1.82 bits per heavy atom. The summed E-state index contributed by atoms with van der Waals surface area (Å²) in [5.41, 5.74) is 5.42. The monoisotopic (exact) mass is 378 g/mol. The predicted octanol–water partition coefficient (Wildman–Crippen LogP) is 3.25. The second kappa shape index (κ2) is 7.86. The second-order valence-electron chi connectivity index (χ2n) is 7.48. The van der Waals surface area contributed by atoms with Crippen molar-refractivity contribution in [2.75, 3.05) is 38.8 Å². The van der Waals surface area contributed by atoms with Crippen molar-refractivity contribution in [2.24, 2.45) is 0 Å². The number of fused-ring (bicyclic) bond motifs is 1. The van der Waals surface area contributed by atoms with E-state index in [4.69, 9.17) is 0 Å². The molecule has 1 aliphatic rings. The van der Waals surface area contributed by atoms with Gasteiger partial charge in [0.1, 0.15) is 0 Å². The average molecular weight is 378 g/mol. The summed E-state index contributed by atoms with van der Waals surface area (Å²) in [7, 11) is 7.48. The first-order valence-electron chi connectivity index (χ1n) is 9.15. The van der Waals surface area contributed by atoms with Gasteiger partial charge in [0.05, 0.1) is 5.57 Å². The van der Waals surface area contributed by atoms with E-state index in [0.717, 1.165) is 29.2 Å². The van der Waals surface area contributed by atoms with Gasteiger partial charge in [0.15, 0.2) is 0 Å². The predicted molar refractivity (Wildman–Crippen MR) is 113 cm³/mol. The van der Waals surface area contributed by atoms with Crippen LogP contribution in [0.2, 0.25) is 0 Å². The number of nitrogens with zero attached hydrogens (tertiary/aromatic N) is 2. The topological polar surface area (TPSA) is 64.7 Å². The number of rotatable bonds is 5. The molecule has 0 atom stereocenters. The number of amides is 2. The number of carbonyl (C=O) groups is 2. The fourth-order valence-corrected chi connectivity index (χ4v) is 3.32. The number of nitrogens with one attached hydrogen (secondary N) is 2. The maximum Gasteiger partial charge on any atom is 0.258 e. The van der Waals surface area contributed by atoms with Gasteiger partial charge in [0, 0.05) is 48.8 Å². The summed E-state index contributed by atoms with van der Waals surface area (Å²) in [6, 6.07) is 13.4. The van der Waals surface area contributed by atoms with Crippen LogP contribution in [0.5, 0.6) is 0 Å². The van der Waals surface area contributed by atoms with Crippen molar-refractivity contribution >= 4 is 28.8 Å². The summed E-state index contributed by atoms with van der Waals surface area (Å²) in [5, 5.41) is 6.22. The molecule has 0 bridgehead atoms. The van der Waals surface area contributed by atoms with Crippen LogP contribution in [-0.2, 0) is 11.3 Å². The largest absolute Gasteiger partial charge is 0.358 e. The molecule has 2 aromatic rings. The summed E-state index contributed by atoms with van der Waals surface area (Å²) in [5.74, 6) is -0.262. The number of hydrogen-bond donors (Lipinski definition) is 2. The fraction of sp³-hybridized carbons (Fsp3) is 0.273. The number of allylic oxidation sites excluding steroid dienone is 1. The molecule has 0 spiro atoms. The zero-order valence-electron chi connectivity index (χ0n) is 17.0. The summed E-state index contributed by atoms with van der Waals surface area (Å²) in [6.07, 6.45) is 0. The van der Waals surface area contributed by atoms with Crippen LogP contribution < -0.4 is 10.6 Å². The molecule has 0 aromatic heterocycles. The summed E-state index contributed by atoms with van der Waals surface area (Å²) < 4.78 is 0. The highest BCUT2D eigenvalue weighted by Crippen LogP contribution is 2.35. The van der Waals surface area contributed by atoms with Crippen LogP contribution in [-0.4, -0.2) is 49.8 Å². The first-order chi connectivity index (χ1) is 13.3. The molecule has 0 radical (unpaired) electrons. The van der Waals surface area contributed by atoms with E-state index in [1.165, 1.54) is 10.5 Å². The van der Waals surface area contributed by atoms with E-state index in [0.29, 0.717) is 11.1 Å². The van der Waals surface area contributed by atoms with Crippen molar-refractivity contribution < 1.29 is 9.59 Å². The van der Waals surface area contributed by atoms with Gasteiger partial charge in [-0.2, -0.15) is 0 Å². The number of benzene rings is 2. The van der Waals surface area contributed by atoms with Crippen molar-refractivity contribution in [1.29, 1.82) is 0 Å². The van der Waals surface area contributed by atoms with Crippen molar-refractivity contribution in [2.45, 2.75) is 13.5 Å². The molecular weight excluding hydrogens is 352 g/mol. The van der Waals surface area contributed by atoms with Crippen molar-refractivity contribution in [3.05, 3.63) is 64.9 Å². The lowest BCUT2D eigenvalue weighted by atomic mass is 10.0. The molecule has 0 saturated heterocycles. The standard InChI is InChI=1S/C22H26N4O2/c1-14(23-17-8-6-7-15(11-17)13-25(2)3)20-18-12-16(22(28)26(4)5)9-10-19(18)24-21(20)27/h6-12,23H,13H2,1-5H3,(H,24,27). The molecule has 1 heterocycles. The number of carbonyl (C=O) groups excluding carboxylic acids is 2. The molecule has 0 unspecified atom stereocenters. The molecule has 3 rings (SSSR count). The van der Waals surface area contributed by atoms with E-state index in [2.05, 4.69) is 27.7 Å². The highest BCUT2D eigenvalue weighted by Gasteiger charge is 2.27. The molecule has 146 valence electrons. The maximum atomic E-state index is 12.6. The van der Waals surface area contributed by atoms with Gasteiger partial charge in [0.25, 0.3) is 11.8 Å². The SMILES string of the molecule is CC(Nc1cccc(CN(C)C)c1)=C1C(=O)Nc2ccc(C(=O)N(C)C)cc21. The normalized spacial score (nSPS) is 14.6. The molecule has 6 nitrogen and oxygen atoms in total. The van der Waals surface area contributed by atoms with Crippen LogP contribution in [0.4, 0.5) is 11.4 Å². The van der Waals surface area contributed by atoms with Crippen molar-refractivity contribution in [1.82, 2.24) is 9.80 Å². The molecule has 28 heavy (non-hydrogen) atoms. The second-order valence-corrected chi connectivity index (χ2v) is 7.48. The van der Waals surface area contributed by atoms with E-state index in [1.54, 1.807) is 32.3 Å². The van der Waals surface area contributed by atoms with Crippen LogP contribution in [0.3, 0.4) is 0 Å². The van der Waals surface area contributed by atoms with Crippen LogP contribution in [0.1, 0.15) is 28.4 Å². The Labute approximate surface area is 165 Å². The Bertz CT molecular complexity index is 961. The quantitative estimate of drug-likeness (QED) is 0.784. The summed E-state index contributed by atoms with van der Waals surface area (Å²) >= 11 is 0. The minimum atomic E-state index is -0.168. The lowest BCUT2D eigenvalue weighted by Crippen LogP contribution is -2.21. The fourth-order valence-electron chi connectivity index (χ4n) is 3.32. The molecule has 1 aliphatic heterocycles. The maximum absolute atomic E-state index is 12.6.